The molecular weight excluding hydrogens is 122 g/mol. The molecule has 0 unspecified atom stereocenters. The van der Waals surface area contributed by atoms with Gasteiger partial charge in [0.1, 0.15) is 0 Å². The number of allylic oxidation sites excluding steroid dienone is 1. The molecule has 0 radical (unpaired) electrons. The van der Waals surface area contributed by atoms with Gasteiger partial charge in [0.15, 0.2) is 0 Å². The monoisotopic (exact) mass is 139 g/mol. The molecule has 10 heavy (non-hydrogen) atoms. The third-order valence-corrected chi connectivity index (χ3v) is 1.32. The molecule has 0 aromatic rings. The van der Waals surface area contributed by atoms with E-state index in [0.29, 0.717) is 0 Å². The Kier molecular flexibility index (Phi) is 4.91. The highest BCUT2D eigenvalue weighted by molar-refractivity contribution is 5.93. The van der Waals surface area contributed by atoms with Gasteiger partial charge in [-0.3, -0.25) is 4.99 Å². The molecule has 0 saturated heterocycles. The minimum Gasteiger partial charge on any atom is -0.290 e. The van der Waals surface area contributed by atoms with E-state index in [9.17, 15) is 0 Å². The summed E-state index contributed by atoms with van der Waals surface area (Å²) in [6.45, 7) is 9.19. The van der Waals surface area contributed by atoms with Crippen LogP contribution in [-0.4, -0.2) is 12.3 Å². The molecule has 0 bridgehead atoms. The van der Waals surface area contributed by atoms with E-state index in [-0.39, 0.29) is 0 Å². The zero-order chi connectivity index (χ0) is 7.98. The van der Waals surface area contributed by atoms with Gasteiger partial charge in [-0.25, -0.2) is 0 Å². The third kappa shape index (κ3) is 3.44. The molecule has 0 spiro atoms. The van der Waals surface area contributed by atoms with Crippen molar-refractivity contribution in [1.29, 1.82) is 0 Å². The van der Waals surface area contributed by atoms with Crippen molar-refractivity contribution in [3.05, 3.63) is 11.6 Å². The van der Waals surface area contributed by atoms with Crippen molar-refractivity contribution in [2.45, 2.75) is 34.1 Å². The average molecular weight is 139 g/mol. The molecule has 1 heterocycles. The summed E-state index contributed by atoms with van der Waals surface area (Å²) in [6.07, 6.45) is 3.29. The first-order valence-electron chi connectivity index (χ1n) is 3.97. The van der Waals surface area contributed by atoms with Gasteiger partial charge in [0.25, 0.3) is 0 Å². The largest absolute Gasteiger partial charge is 0.290 e. The maximum Gasteiger partial charge on any atom is 0.0429 e. The summed E-state index contributed by atoms with van der Waals surface area (Å²) in [5, 5.41) is 0. The molecule has 0 aromatic heterocycles. The van der Waals surface area contributed by atoms with Crippen LogP contribution in [0.2, 0.25) is 0 Å². The van der Waals surface area contributed by atoms with E-state index in [1.54, 1.807) is 0 Å². The molecule has 1 rings (SSSR count). The maximum absolute atomic E-state index is 4.22. The second-order valence-corrected chi connectivity index (χ2v) is 2.26. The molecule has 1 nitrogen and oxygen atoms in total. The van der Waals surface area contributed by atoms with Gasteiger partial charge in [-0.2, -0.15) is 0 Å². The van der Waals surface area contributed by atoms with Crippen LogP contribution in [0.25, 0.3) is 0 Å². The molecule has 0 amide bonds. The maximum atomic E-state index is 4.22. The quantitative estimate of drug-likeness (QED) is 0.489. The molecule has 0 fully saturated rings. The van der Waals surface area contributed by atoms with Gasteiger partial charge in [0.2, 0.25) is 0 Å². The summed E-state index contributed by atoms with van der Waals surface area (Å²) in [5.74, 6) is 0. The van der Waals surface area contributed by atoms with E-state index >= 15 is 0 Å². The number of rotatable bonds is 0. The van der Waals surface area contributed by atoms with Gasteiger partial charge in [-0.05, 0) is 26.3 Å². The summed E-state index contributed by atoms with van der Waals surface area (Å²) in [5.41, 5.74) is 2.63. The van der Waals surface area contributed by atoms with Crippen LogP contribution in [0.5, 0.6) is 0 Å². The standard InChI is InChI=1S/C7H11N.C2H6/c1-6-3-4-8-7(2)5-6;1-2/h5H,3-4H2,1-2H3;1-2H3. The van der Waals surface area contributed by atoms with Crippen molar-refractivity contribution in [1.82, 2.24) is 0 Å². The average Bonchev–Trinajstić information content (AvgIpc) is 1.91. The molecule has 0 N–H and O–H groups in total. The highest BCUT2D eigenvalue weighted by Crippen LogP contribution is 2.05. The highest BCUT2D eigenvalue weighted by Gasteiger charge is 1.95. The number of hydrogen-bond donors (Lipinski definition) is 0. The lowest BCUT2D eigenvalue weighted by atomic mass is 10.1. The van der Waals surface area contributed by atoms with Gasteiger partial charge >= 0.3 is 0 Å². The predicted octanol–water partition coefficient (Wildman–Crippen LogP) is 2.82. The van der Waals surface area contributed by atoms with E-state index < -0.39 is 0 Å². The smallest absolute Gasteiger partial charge is 0.0429 e. The Balaban J connectivity index is 0.000000371. The van der Waals surface area contributed by atoms with Crippen LogP contribution in [0.4, 0.5) is 0 Å². The van der Waals surface area contributed by atoms with Crippen molar-refractivity contribution >= 4 is 5.71 Å². The van der Waals surface area contributed by atoms with Crippen molar-refractivity contribution in [2.24, 2.45) is 4.99 Å². The topological polar surface area (TPSA) is 12.4 Å². The Labute approximate surface area is 63.9 Å². The summed E-state index contributed by atoms with van der Waals surface area (Å²) in [7, 11) is 0. The first-order valence-corrected chi connectivity index (χ1v) is 3.97. The lowest BCUT2D eigenvalue weighted by Crippen LogP contribution is -1.97. The highest BCUT2D eigenvalue weighted by atomic mass is 14.7. The SMILES string of the molecule is CC.CC1=CC(C)=NCC1. The van der Waals surface area contributed by atoms with Crippen molar-refractivity contribution < 1.29 is 0 Å². The molecule has 0 aromatic carbocycles. The Hall–Kier alpha value is -0.590. The minimum absolute atomic E-state index is 0.994. The van der Waals surface area contributed by atoms with Gasteiger partial charge in [-0.15, -0.1) is 0 Å². The van der Waals surface area contributed by atoms with E-state index in [0.717, 1.165) is 13.0 Å². The molecule has 1 aliphatic heterocycles. The van der Waals surface area contributed by atoms with Crippen molar-refractivity contribution in [3.63, 3.8) is 0 Å². The van der Waals surface area contributed by atoms with Gasteiger partial charge in [0.05, 0.1) is 0 Å². The fourth-order valence-corrected chi connectivity index (χ4v) is 0.883. The van der Waals surface area contributed by atoms with E-state index in [1.807, 2.05) is 20.8 Å². The summed E-state index contributed by atoms with van der Waals surface area (Å²) in [6, 6.07) is 0. The summed E-state index contributed by atoms with van der Waals surface area (Å²) in [4.78, 5) is 4.22. The molecular formula is C9H17N. The Morgan fingerprint density at radius 2 is 1.90 bits per heavy atom. The van der Waals surface area contributed by atoms with E-state index in [4.69, 9.17) is 0 Å². The van der Waals surface area contributed by atoms with Crippen LogP contribution in [0, 0.1) is 0 Å². The van der Waals surface area contributed by atoms with Crippen LogP contribution < -0.4 is 0 Å². The van der Waals surface area contributed by atoms with Gasteiger partial charge in [-0.1, -0.05) is 19.4 Å². The van der Waals surface area contributed by atoms with Crippen LogP contribution in [0.1, 0.15) is 34.1 Å². The zero-order valence-electron chi connectivity index (χ0n) is 7.44. The molecule has 0 aliphatic carbocycles. The van der Waals surface area contributed by atoms with Crippen LogP contribution in [-0.2, 0) is 0 Å². The summed E-state index contributed by atoms with van der Waals surface area (Å²) < 4.78 is 0. The van der Waals surface area contributed by atoms with Crippen molar-refractivity contribution in [2.75, 3.05) is 6.54 Å². The van der Waals surface area contributed by atoms with Crippen molar-refractivity contribution in [3.8, 4) is 0 Å². The van der Waals surface area contributed by atoms with Crippen LogP contribution in [0.15, 0.2) is 16.6 Å². The molecule has 0 saturated carbocycles. The Bertz CT molecular complexity index is 143. The zero-order valence-corrected chi connectivity index (χ0v) is 7.44. The lowest BCUT2D eigenvalue weighted by molar-refractivity contribution is 0.934. The second-order valence-electron chi connectivity index (χ2n) is 2.26. The lowest BCUT2D eigenvalue weighted by Gasteiger charge is -2.04. The van der Waals surface area contributed by atoms with Gasteiger partial charge in [0, 0.05) is 12.3 Å². The molecule has 1 aliphatic rings. The first kappa shape index (κ1) is 9.41. The fourth-order valence-electron chi connectivity index (χ4n) is 0.883. The number of hydrogen-bond acceptors (Lipinski definition) is 1. The molecule has 1 heteroatoms. The first-order chi connectivity index (χ1) is 4.79. The summed E-state index contributed by atoms with van der Waals surface area (Å²) >= 11 is 0. The number of aliphatic imine (C=N–C) groups is 1. The molecule has 0 atom stereocenters. The normalized spacial score (nSPS) is 16.4. The second kappa shape index (κ2) is 5.21. The van der Waals surface area contributed by atoms with Crippen LogP contribution in [0.3, 0.4) is 0 Å². The fraction of sp³-hybridized carbons (Fsp3) is 0.667. The van der Waals surface area contributed by atoms with Crippen LogP contribution >= 0.6 is 0 Å². The van der Waals surface area contributed by atoms with E-state index in [1.165, 1.54) is 11.3 Å². The third-order valence-electron chi connectivity index (χ3n) is 1.32. The van der Waals surface area contributed by atoms with Gasteiger partial charge < -0.3 is 0 Å². The number of dihydropyridines is 1. The Morgan fingerprint density at radius 3 is 2.20 bits per heavy atom. The Morgan fingerprint density at radius 1 is 1.30 bits per heavy atom. The minimum atomic E-state index is 0.994. The number of nitrogens with zero attached hydrogens (tertiary/aromatic N) is 1. The molecule has 58 valence electrons. The van der Waals surface area contributed by atoms with E-state index in [2.05, 4.69) is 18.0 Å². The predicted molar refractivity (Wildman–Crippen MR) is 47.7 cm³/mol.